The van der Waals surface area contributed by atoms with Crippen LogP contribution in [0, 0.1) is 13.8 Å². The number of benzene rings is 1. The Balaban J connectivity index is 2.41. The molecule has 0 bridgehead atoms. The van der Waals surface area contributed by atoms with Gasteiger partial charge in [0.1, 0.15) is 0 Å². The van der Waals surface area contributed by atoms with E-state index < -0.39 is 0 Å². The molecule has 2 N–H and O–H groups in total. The fourth-order valence-electron chi connectivity index (χ4n) is 2.09. The summed E-state index contributed by atoms with van der Waals surface area (Å²) in [6.07, 6.45) is 3.79. The third kappa shape index (κ3) is 2.46. The number of nitrogens with zero attached hydrogens (tertiary/aromatic N) is 2. The molecule has 0 fully saturated rings. The standard InChI is InChI=1S/C15H21N3/c1-4-14(16)9-13-7-5-6-8-15(13)18-10-17-11(2)12(18)3/h5-8,10,14H,4,9,16H2,1-3H3. The molecule has 2 aromatic rings. The van der Waals surface area contributed by atoms with Crippen molar-refractivity contribution in [2.24, 2.45) is 5.73 Å². The molecule has 3 heteroatoms. The Morgan fingerprint density at radius 1 is 1.28 bits per heavy atom. The number of aryl methyl sites for hydroxylation is 1. The summed E-state index contributed by atoms with van der Waals surface area (Å²) in [6, 6.07) is 8.63. The molecule has 0 aliphatic carbocycles. The molecule has 18 heavy (non-hydrogen) atoms. The Morgan fingerprint density at radius 2 is 2.00 bits per heavy atom. The van der Waals surface area contributed by atoms with Crippen LogP contribution in [0.5, 0.6) is 0 Å². The molecule has 1 atom stereocenters. The maximum Gasteiger partial charge on any atom is 0.0997 e. The fourth-order valence-corrected chi connectivity index (χ4v) is 2.09. The van der Waals surface area contributed by atoms with Gasteiger partial charge in [0.25, 0.3) is 0 Å². The van der Waals surface area contributed by atoms with Gasteiger partial charge in [0.05, 0.1) is 17.7 Å². The van der Waals surface area contributed by atoms with E-state index in [2.05, 4.69) is 47.7 Å². The molecule has 0 radical (unpaired) electrons. The number of imidazole rings is 1. The molecule has 2 rings (SSSR count). The third-order valence-electron chi connectivity index (χ3n) is 3.51. The highest BCUT2D eigenvalue weighted by Crippen LogP contribution is 2.19. The van der Waals surface area contributed by atoms with Crippen molar-refractivity contribution >= 4 is 0 Å². The van der Waals surface area contributed by atoms with Crippen LogP contribution in [0.15, 0.2) is 30.6 Å². The third-order valence-corrected chi connectivity index (χ3v) is 3.51. The molecule has 1 heterocycles. The summed E-state index contributed by atoms with van der Waals surface area (Å²) in [4.78, 5) is 4.36. The van der Waals surface area contributed by atoms with Gasteiger partial charge in [-0.2, -0.15) is 0 Å². The molecule has 1 unspecified atom stereocenters. The zero-order chi connectivity index (χ0) is 13.1. The lowest BCUT2D eigenvalue weighted by Crippen LogP contribution is -2.22. The van der Waals surface area contributed by atoms with E-state index in [0.717, 1.165) is 18.5 Å². The van der Waals surface area contributed by atoms with Crippen molar-refractivity contribution in [1.29, 1.82) is 0 Å². The first kappa shape index (κ1) is 12.8. The minimum atomic E-state index is 0.219. The summed E-state index contributed by atoms with van der Waals surface area (Å²) in [6.45, 7) is 6.25. The molecule has 0 spiro atoms. The van der Waals surface area contributed by atoms with Crippen molar-refractivity contribution in [3.05, 3.63) is 47.5 Å². The Kier molecular flexibility index (Phi) is 3.82. The fraction of sp³-hybridized carbons (Fsp3) is 0.400. The van der Waals surface area contributed by atoms with E-state index in [1.165, 1.54) is 16.9 Å². The van der Waals surface area contributed by atoms with E-state index in [4.69, 9.17) is 5.73 Å². The van der Waals surface area contributed by atoms with Gasteiger partial charge in [0, 0.05) is 11.7 Å². The van der Waals surface area contributed by atoms with Gasteiger partial charge >= 0.3 is 0 Å². The maximum atomic E-state index is 6.07. The van der Waals surface area contributed by atoms with Crippen molar-refractivity contribution in [2.75, 3.05) is 0 Å². The molecule has 3 nitrogen and oxygen atoms in total. The molecule has 0 saturated heterocycles. The first-order valence-electron chi connectivity index (χ1n) is 6.48. The van der Waals surface area contributed by atoms with Crippen molar-refractivity contribution in [2.45, 2.75) is 39.7 Å². The topological polar surface area (TPSA) is 43.8 Å². The van der Waals surface area contributed by atoms with Crippen LogP contribution < -0.4 is 5.73 Å². The SMILES string of the molecule is CCC(N)Cc1ccccc1-n1cnc(C)c1C. The number of hydrogen-bond donors (Lipinski definition) is 1. The quantitative estimate of drug-likeness (QED) is 0.897. The highest BCUT2D eigenvalue weighted by atomic mass is 15.1. The molecule has 96 valence electrons. The van der Waals surface area contributed by atoms with Crippen LogP contribution >= 0.6 is 0 Å². The molecule has 0 aliphatic rings. The lowest BCUT2D eigenvalue weighted by Gasteiger charge is -2.15. The van der Waals surface area contributed by atoms with Gasteiger partial charge in [0.15, 0.2) is 0 Å². The van der Waals surface area contributed by atoms with Gasteiger partial charge < -0.3 is 10.3 Å². The van der Waals surface area contributed by atoms with Crippen LogP contribution in [0.25, 0.3) is 5.69 Å². The summed E-state index contributed by atoms with van der Waals surface area (Å²) >= 11 is 0. The Morgan fingerprint density at radius 3 is 2.61 bits per heavy atom. The van der Waals surface area contributed by atoms with E-state index >= 15 is 0 Å². The van der Waals surface area contributed by atoms with Gasteiger partial charge in [-0.1, -0.05) is 25.1 Å². The highest BCUT2D eigenvalue weighted by molar-refractivity contribution is 5.43. The molecule has 0 aliphatic heterocycles. The molecule has 0 amide bonds. The normalized spacial score (nSPS) is 12.7. The Hall–Kier alpha value is -1.61. The zero-order valence-corrected chi connectivity index (χ0v) is 11.4. The second-order valence-corrected chi connectivity index (χ2v) is 4.79. The second-order valence-electron chi connectivity index (χ2n) is 4.79. The van der Waals surface area contributed by atoms with Crippen LogP contribution in [0.1, 0.15) is 30.3 Å². The molecule has 1 aromatic carbocycles. The van der Waals surface area contributed by atoms with Gasteiger partial charge in [-0.25, -0.2) is 4.98 Å². The largest absolute Gasteiger partial charge is 0.327 e. The monoisotopic (exact) mass is 243 g/mol. The smallest absolute Gasteiger partial charge is 0.0997 e. The van der Waals surface area contributed by atoms with E-state index in [-0.39, 0.29) is 6.04 Å². The second kappa shape index (κ2) is 5.36. The summed E-state index contributed by atoms with van der Waals surface area (Å²) < 4.78 is 2.15. The summed E-state index contributed by atoms with van der Waals surface area (Å²) in [7, 11) is 0. The van der Waals surface area contributed by atoms with Crippen molar-refractivity contribution < 1.29 is 0 Å². The Bertz CT molecular complexity index is 528. The molecule has 0 saturated carbocycles. The van der Waals surface area contributed by atoms with E-state index in [0.29, 0.717) is 0 Å². The van der Waals surface area contributed by atoms with Crippen LogP contribution in [0.2, 0.25) is 0 Å². The number of nitrogens with two attached hydrogens (primary N) is 1. The van der Waals surface area contributed by atoms with Gasteiger partial charge in [-0.05, 0) is 38.3 Å². The number of rotatable bonds is 4. The van der Waals surface area contributed by atoms with E-state index in [1.54, 1.807) is 0 Å². The average molecular weight is 243 g/mol. The van der Waals surface area contributed by atoms with Crippen LogP contribution in [-0.4, -0.2) is 15.6 Å². The number of hydrogen-bond acceptors (Lipinski definition) is 2. The summed E-state index contributed by atoms with van der Waals surface area (Å²) in [5, 5.41) is 0. The van der Waals surface area contributed by atoms with Crippen LogP contribution in [0.4, 0.5) is 0 Å². The van der Waals surface area contributed by atoms with Gasteiger partial charge in [-0.15, -0.1) is 0 Å². The van der Waals surface area contributed by atoms with E-state index in [9.17, 15) is 0 Å². The predicted molar refractivity (Wildman–Crippen MR) is 75.0 cm³/mol. The van der Waals surface area contributed by atoms with Crippen LogP contribution in [-0.2, 0) is 6.42 Å². The van der Waals surface area contributed by atoms with Gasteiger partial charge in [-0.3, -0.25) is 0 Å². The molecular formula is C15H21N3. The van der Waals surface area contributed by atoms with Crippen molar-refractivity contribution in [1.82, 2.24) is 9.55 Å². The predicted octanol–water partition coefficient (Wildman–Crippen LogP) is 2.77. The lowest BCUT2D eigenvalue weighted by atomic mass is 10.0. The highest BCUT2D eigenvalue weighted by Gasteiger charge is 2.10. The van der Waals surface area contributed by atoms with Crippen molar-refractivity contribution in [3.8, 4) is 5.69 Å². The lowest BCUT2D eigenvalue weighted by molar-refractivity contribution is 0.644. The molecular weight excluding hydrogens is 222 g/mol. The zero-order valence-electron chi connectivity index (χ0n) is 11.4. The summed E-state index contributed by atoms with van der Waals surface area (Å²) in [5.41, 5.74) is 10.8. The van der Waals surface area contributed by atoms with Crippen molar-refractivity contribution in [3.63, 3.8) is 0 Å². The van der Waals surface area contributed by atoms with Gasteiger partial charge in [0.2, 0.25) is 0 Å². The minimum Gasteiger partial charge on any atom is -0.327 e. The number of aromatic nitrogens is 2. The number of para-hydroxylation sites is 1. The minimum absolute atomic E-state index is 0.219. The Labute approximate surface area is 109 Å². The first-order chi connectivity index (χ1) is 8.63. The maximum absolute atomic E-state index is 6.07. The molecule has 1 aromatic heterocycles. The van der Waals surface area contributed by atoms with Crippen LogP contribution in [0.3, 0.4) is 0 Å². The van der Waals surface area contributed by atoms with E-state index in [1.807, 2.05) is 13.3 Å². The average Bonchev–Trinajstić information content (AvgIpc) is 2.71. The summed E-state index contributed by atoms with van der Waals surface area (Å²) in [5.74, 6) is 0. The first-order valence-corrected chi connectivity index (χ1v) is 6.48.